The highest BCUT2D eigenvalue weighted by molar-refractivity contribution is 7.08. The van der Waals surface area contributed by atoms with Crippen molar-refractivity contribution >= 4 is 22.8 Å². The van der Waals surface area contributed by atoms with Crippen molar-refractivity contribution < 1.29 is 4.79 Å². The Morgan fingerprint density at radius 2 is 2.29 bits per heavy atom. The molecule has 1 atom stereocenters. The molecule has 2 rings (SSSR count). The first-order valence-corrected chi connectivity index (χ1v) is 5.93. The summed E-state index contributed by atoms with van der Waals surface area (Å²) in [6.45, 7) is 5.93. The van der Waals surface area contributed by atoms with Crippen LogP contribution in [0.2, 0.25) is 0 Å². The van der Waals surface area contributed by atoms with Crippen molar-refractivity contribution in [3.63, 3.8) is 0 Å². The summed E-state index contributed by atoms with van der Waals surface area (Å²) >= 11 is 1.74. The van der Waals surface area contributed by atoms with Gasteiger partial charge in [-0.25, -0.2) is 0 Å². The van der Waals surface area contributed by atoms with Crippen molar-refractivity contribution in [3.8, 4) is 0 Å². The maximum absolute atomic E-state index is 11.4. The number of aryl methyl sites for hydroxylation is 1. The van der Waals surface area contributed by atoms with E-state index in [0.29, 0.717) is 12.2 Å². The molecule has 0 amide bonds. The molecule has 1 aliphatic rings. The van der Waals surface area contributed by atoms with Crippen LogP contribution in [-0.2, 0) is 4.79 Å². The second-order valence-electron chi connectivity index (χ2n) is 4.00. The van der Waals surface area contributed by atoms with Crippen LogP contribution < -0.4 is 4.90 Å². The SMILES string of the molecule is Cc1cscc1N1CCC(=O)C(C)C1. The summed E-state index contributed by atoms with van der Waals surface area (Å²) in [5.74, 6) is 0.609. The van der Waals surface area contributed by atoms with E-state index in [9.17, 15) is 4.79 Å². The maximum atomic E-state index is 11.4. The fraction of sp³-hybridized carbons (Fsp3) is 0.545. The quantitative estimate of drug-likeness (QED) is 0.708. The number of Topliss-reactive ketones (excluding diaryl/α,β-unsaturated/α-hetero) is 1. The number of piperidine rings is 1. The highest BCUT2D eigenvalue weighted by Gasteiger charge is 2.24. The second-order valence-corrected chi connectivity index (χ2v) is 4.75. The van der Waals surface area contributed by atoms with Crippen LogP contribution in [0.3, 0.4) is 0 Å². The van der Waals surface area contributed by atoms with Gasteiger partial charge in [0.15, 0.2) is 0 Å². The van der Waals surface area contributed by atoms with E-state index in [2.05, 4.69) is 22.6 Å². The lowest BCUT2D eigenvalue weighted by molar-refractivity contribution is -0.122. The number of ketones is 1. The molecule has 2 nitrogen and oxygen atoms in total. The van der Waals surface area contributed by atoms with E-state index < -0.39 is 0 Å². The molecule has 1 unspecified atom stereocenters. The first-order valence-electron chi connectivity index (χ1n) is 4.99. The molecule has 0 bridgehead atoms. The molecular formula is C11H15NOS. The highest BCUT2D eigenvalue weighted by atomic mass is 32.1. The van der Waals surface area contributed by atoms with Crippen molar-refractivity contribution in [2.75, 3.05) is 18.0 Å². The average molecular weight is 209 g/mol. The van der Waals surface area contributed by atoms with Gasteiger partial charge in [0.1, 0.15) is 5.78 Å². The van der Waals surface area contributed by atoms with E-state index in [4.69, 9.17) is 0 Å². The van der Waals surface area contributed by atoms with Gasteiger partial charge in [-0.05, 0) is 17.9 Å². The zero-order valence-corrected chi connectivity index (χ0v) is 9.43. The van der Waals surface area contributed by atoms with Gasteiger partial charge in [-0.2, -0.15) is 0 Å². The van der Waals surface area contributed by atoms with Crippen LogP contribution in [-0.4, -0.2) is 18.9 Å². The summed E-state index contributed by atoms with van der Waals surface area (Å²) in [6, 6.07) is 0. The third-order valence-corrected chi connectivity index (χ3v) is 3.69. The minimum atomic E-state index is 0.197. The molecule has 76 valence electrons. The molecule has 0 saturated carbocycles. The van der Waals surface area contributed by atoms with Crippen LogP contribution in [0.25, 0.3) is 0 Å². The van der Waals surface area contributed by atoms with E-state index in [1.807, 2.05) is 6.92 Å². The highest BCUT2D eigenvalue weighted by Crippen LogP contribution is 2.27. The predicted octanol–water partition coefficient (Wildman–Crippen LogP) is 2.47. The van der Waals surface area contributed by atoms with Crippen molar-refractivity contribution in [2.24, 2.45) is 5.92 Å². The molecule has 0 radical (unpaired) electrons. The fourth-order valence-corrected chi connectivity index (χ4v) is 2.77. The Morgan fingerprint density at radius 1 is 1.50 bits per heavy atom. The zero-order valence-electron chi connectivity index (χ0n) is 8.62. The minimum absolute atomic E-state index is 0.197. The number of carbonyl (C=O) groups is 1. The van der Waals surface area contributed by atoms with Gasteiger partial charge >= 0.3 is 0 Å². The van der Waals surface area contributed by atoms with Crippen molar-refractivity contribution in [1.29, 1.82) is 0 Å². The topological polar surface area (TPSA) is 20.3 Å². The van der Waals surface area contributed by atoms with Crippen molar-refractivity contribution in [1.82, 2.24) is 0 Å². The molecule has 1 aliphatic heterocycles. The van der Waals surface area contributed by atoms with E-state index in [1.165, 1.54) is 11.3 Å². The Kier molecular flexibility index (Phi) is 2.59. The van der Waals surface area contributed by atoms with Gasteiger partial charge in [-0.1, -0.05) is 6.92 Å². The van der Waals surface area contributed by atoms with E-state index in [1.54, 1.807) is 11.3 Å². The summed E-state index contributed by atoms with van der Waals surface area (Å²) in [4.78, 5) is 13.7. The zero-order chi connectivity index (χ0) is 10.1. The number of hydrogen-bond donors (Lipinski definition) is 0. The monoisotopic (exact) mass is 209 g/mol. The van der Waals surface area contributed by atoms with Gasteiger partial charge in [-0.15, -0.1) is 11.3 Å². The van der Waals surface area contributed by atoms with Gasteiger partial charge < -0.3 is 4.90 Å². The minimum Gasteiger partial charge on any atom is -0.369 e. The lowest BCUT2D eigenvalue weighted by Crippen LogP contribution is -2.39. The maximum Gasteiger partial charge on any atom is 0.139 e. The summed E-state index contributed by atoms with van der Waals surface area (Å²) in [5, 5.41) is 4.34. The summed E-state index contributed by atoms with van der Waals surface area (Å²) in [6.07, 6.45) is 0.705. The number of carbonyl (C=O) groups excluding carboxylic acids is 1. The Labute approximate surface area is 88.5 Å². The van der Waals surface area contributed by atoms with Crippen LogP contribution in [0.15, 0.2) is 10.8 Å². The molecule has 1 saturated heterocycles. The Hall–Kier alpha value is -0.830. The van der Waals surface area contributed by atoms with E-state index in [0.717, 1.165) is 13.1 Å². The summed E-state index contributed by atoms with van der Waals surface area (Å²) in [5.41, 5.74) is 2.64. The molecule has 2 heterocycles. The smallest absolute Gasteiger partial charge is 0.139 e. The first kappa shape index (κ1) is 9.71. The summed E-state index contributed by atoms with van der Waals surface area (Å²) < 4.78 is 0. The van der Waals surface area contributed by atoms with E-state index in [-0.39, 0.29) is 5.92 Å². The molecule has 14 heavy (non-hydrogen) atoms. The molecule has 1 aromatic heterocycles. The van der Waals surface area contributed by atoms with Crippen LogP contribution in [0.5, 0.6) is 0 Å². The van der Waals surface area contributed by atoms with Crippen LogP contribution in [0.1, 0.15) is 18.9 Å². The Balaban J connectivity index is 2.14. The van der Waals surface area contributed by atoms with Crippen LogP contribution in [0.4, 0.5) is 5.69 Å². The van der Waals surface area contributed by atoms with Crippen molar-refractivity contribution in [2.45, 2.75) is 20.3 Å². The van der Waals surface area contributed by atoms with Gasteiger partial charge in [-0.3, -0.25) is 4.79 Å². The third-order valence-electron chi connectivity index (χ3n) is 2.84. The molecule has 0 aliphatic carbocycles. The van der Waals surface area contributed by atoms with Gasteiger partial charge in [0.2, 0.25) is 0 Å². The molecular weight excluding hydrogens is 194 g/mol. The largest absolute Gasteiger partial charge is 0.369 e. The molecule has 0 spiro atoms. The molecule has 1 fully saturated rings. The van der Waals surface area contributed by atoms with E-state index >= 15 is 0 Å². The van der Waals surface area contributed by atoms with Gasteiger partial charge in [0.05, 0.1) is 5.69 Å². The van der Waals surface area contributed by atoms with Gasteiger partial charge in [0, 0.05) is 30.8 Å². The van der Waals surface area contributed by atoms with Crippen LogP contribution in [0, 0.1) is 12.8 Å². The number of thiophene rings is 1. The number of rotatable bonds is 1. The standard InChI is InChI=1S/C11H15NOS/c1-8-5-12(4-3-11(8)13)10-7-14-6-9(10)2/h6-8H,3-5H2,1-2H3. The molecule has 0 N–H and O–H groups in total. The first-order chi connectivity index (χ1) is 6.68. The second kappa shape index (κ2) is 3.73. The number of anilines is 1. The number of nitrogens with zero attached hydrogens (tertiary/aromatic N) is 1. The number of hydrogen-bond acceptors (Lipinski definition) is 3. The Bertz CT molecular complexity index is 345. The molecule has 1 aromatic rings. The van der Waals surface area contributed by atoms with Gasteiger partial charge in [0.25, 0.3) is 0 Å². The fourth-order valence-electron chi connectivity index (χ4n) is 1.91. The lowest BCUT2D eigenvalue weighted by atomic mass is 9.98. The van der Waals surface area contributed by atoms with Crippen LogP contribution >= 0.6 is 11.3 Å². The van der Waals surface area contributed by atoms with Crippen molar-refractivity contribution in [3.05, 3.63) is 16.3 Å². The third kappa shape index (κ3) is 1.69. The summed E-state index contributed by atoms with van der Waals surface area (Å²) in [7, 11) is 0. The molecule has 3 heteroatoms. The normalized spacial score (nSPS) is 22.9. The lowest BCUT2D eigenvalue weighted by Gasteiger charge is -2.31. The Morgan fingerprint density at radius 3 is 2.86 bits per heavy atom. The average Bonchev–Trinajstić information content (AvgIpc) is 2.57. The predicted molar refractivity (Wildman–Crippen MR) is 60.1 cm³/mol. The molecule has 0 aromatic carbocycles.